The van der Waals surface area contributed by atoms with Gasteiger partial charge in [-0.15, -0.1) is 0 Å². The third-order valence-electron chi connectivity index (χ3n) is 3.00. The predicted molar refractivity (Wildman–Crippen MR) is 59.6 cm³/mol. The minimum Gasteiger partial charge on any atom is -0.381 e. The molecule has 1 aliphatic heterocycles. The Morgan fingerprint density at radius 3 is 3.07 bits per heavy atom. The van der Waals surface area contributed by atoms with Crippen molar-refractivity contribution in [1.82, 2.24) is 0 Å². The van der Waals surface area contributed by atoms with Gasteiger partial charge in [0.05, 0.1) is 6.61 Å². The van der Waals surface area contributed by atoms with Crippen molar-refractivity contribution in [3.8, 4) is 0 Å². The van der Waals surface area contributed by atoms with Gasteiger partial charge < -0.3 is 10.5 Å². The molecule has 1 atom stereocenters. The second-order valence-electron chi connectivity index (χ2n) is 4.17. The van der Waals surface area contributed by atoms with Crippen LogP contribution < -0.4 is 5.73 Å². The highest BCUT2D eigenvalue weighted by molar-refractivity contribution is 7.07. The standard InChI is InChI=1S/C11H17NOS/c12-8-11(3-1-4-13-9-11)6-10-2-5-14-7-10/h2,5,7H,1,3-4,6,8-9,12H2. The van der Waals surface area contributed by atoms with Crippen molar-refractivity contribution in [2.75, 3.05) is 19.8 Å². The number of hydrogen-bond donors (Lipinski definition) is 1. The van der Waals surface area contributed by atoms with E-state index in [-0.39, 0.29) is 5.41 Å². The summed E-state index contributed by atoms with van der Waals surface area (Å²) in [5, 5.41) is 4.34. The summed E-state index contributed by atoms with van der Waals surface area (Å²) in [7, 11) is 0. The van der Waals surface area contributed by atoms with Crippen LogP contribution in [-0.4, -0.2) is 19.8 Å². The lowest BCUT2D eigenvalue weighted by atomic mass is 9.78. The second kappa shape index (κ2) is 4.43. The average Bonchev–Trinajstić information content (AvgIpc) is 2.72. The molecule has 14 heavy (non-hydrogen) atoms. The minimum absolute atomic E-state index is 0.208. The predicted octanol–water partition coefficient (Wildman–Crippen LogP) is 2.05. The van der Waals surface area contributed by atoms with Crippen molar-refractivity contribution >= 4 is 11.3 Å². The fraction of sp³-hybridized carbons (Fsp3) is 0.636. The summed E-state index contributed by atoms with van der Waals surface area (Å²) >= 11 is 1.76. The normalized spacial score (nSPS) is 27.8. The third kappa shape index (κ3) is 2.16. The molecular formula is C11H17NOS. The summed E-state index contributed by atoms with van der Waals surface area (Å²) in [5.41, 5.74) is 7.49. The van der Waals surface area contributed by atoms with Crippen LogP contribution in [0.2, 0.25) is 0 Å². The van der Waals surface area contributed by atoms with Crippen molar-refractivity contribution in [3.63, 3.8) is 0 Å². The molecule has 1 saturated heterocycles. The Balaban J connectivity index is 2.04. The van der Waals surface area contributed by atoms with E-state index in [1.807, 2.05) is 0 Å². The first-order chi connectivity index (χ1) is 6.85. The molecular weight excluding hydrogens is 194 g/mol. The molecule has 0 radical (unpaired) electrons. The van der Waals surface area contributed by atoms with Gasteiger partial charge in [0.15, 0.2) is 0 Å². The highest BCUT2D eigenvalue weighted by atomic mass is 32.1. The van der Waals surface area contributed by atoms with Gasteiger partial charge >= 0.3 is 0 Å². The zero-order chi connectivity index (χ0) is 9.86. The van der Waals surface area contributed by atoms with Gasteiger partial charge in [-0.2, -0.15) is 11.3 Å². The lowest BCUT2D eigenvalue weighted by molar-refractivity contribution is -0.00259. The van der Waals surface area contributed by atoms with Gasteiger partial charge in [0.2, 0.25) is 0 Å². The Morgan fingerprint density at radius 1 is 1.57 bits per heavy atom. The van der Waals surface area contributed by atoms with Crippen molar-refractivity contribution in [2.45, 2.75) is 19.3 Å². The van der Waals surface area contributed by atoms with Gasteiger partial charge in [0, 0.05) is 18.6 Å². The highest BCUT2D eigenvalue weighted by Gasteiger charge is 2.31. The Hall–Kier alpha value is -0.380. The van der Waals surface area contributed by atoms with E-state index in [0.29, 0.717) is 0 Å². The fourth-order valence-electron chi connectivity index (χ4n) is 2.11. The number of ether oxygens (including phenoxy) is 1. The largest absolute Gasteiger partial charge is 0.381 e. The molecule has 1 fully saturated rings. The van der Waals surface area contributed by atoms with Gasteiger partial charge in [0.25, 0.3) is 0 Å². The van der Waals surface area contributed by atoms with Crippen LogP contribution in [-0.2, 0) is 11.2 Å². The van der Waals surface area contributed by atoms with E-state index in [0.717, 1.165) is 32.6 Å². The molecule has 2 heterocycles. The molecule has 0 spiro atoms. The van der Waals surface area contributed by atoms with Crippen LogP contribution in [0.3, 0.4) is 0 Å². The molecule has 1 aromatic rings. The minimum atomic E-state index is 0.208. The topological polar surface area (TPSA) is 35.2 Å². The molecule has 0 saturated carbocycles. The van der Waals surface area contributed by atoms with Crippen LogP contribution in [0.4, 0.5) is 0 Å². The van der Waals surface area contributed by atoms with E-state index in [1.165, 1.54) is 12.0 Å². The van der Waals surface area contributed by atoms with Gasteiger partial charge in [0.1, 0.15) is 0 Å². The zero-order valence-corrected chi connectivity index (χ0v) is 9.19. The Kier molecular flexibility index (Phi) is 3.21. The van der Waals surface area contributed by atoms with E-state index in [1.54, 1.807) is 11.3 Å². The second-order valence-corrected chi connectivity index (χ2v) is 4.95. The van der Waals surface area contributed by atoms with E-state index in [9.17, 15) is 0 Å². The Morgan fingerprint density at radius 2 is 2.50 bits per heavy atom. The van der Waals surface area contributed by atoms with E-state index in [2.05, 4.69) is 16.8 Å². The van der Waals surface area contributed by atoms with Crippen LogP contribution >= 0.6 is 11.3 Å². The van der Waals surface area contributed by atoms with E-state index in [4.69, 9.17) is 10.5 Å². The Bertz CT molecular complexity index is 265. The molecule has 1 aliphatic rings. The summed E-state index contributed by atoms with van der Waals surface area (Å²) in [6.45, 7) is 2.48. The summed E-state index contributed by atoms with van der Waals surface area (Å²) in [6, 6.07) is 2.19. The first-order valence-corrected chi connectivity index (χ1v) is 6.08. The quantitative estimate of drug-likeness (QED) is 0.830. The maximum Gasteiger partial charge on any atom is 0.0537 e. The molecule has 0 amide bonds. The summed E-state index contributed by atoms with van der Waals surface area (Å²) < 4.78 is 5.55. The first-order valence-electron chi connectivity index (χ1n) is 5.14. The van der Waals surface area contributed by atoms with Crippen LogP contribution in [0.15, 0.2) is 16.8 Å². The van der Waals surface area contributed by atoms with Gasteiger partial charge in [-0.25, -0.2) is 0 Å². The fourth-order valence-corrected chi connectivity index (χ4v) is 2.78. The van der Waals surface area contributed by atoms with Crippen molar-refractivity contribution in [1.29, 1.82) is 0 Å². The molecule has 2 N–H and O–H groups in total. The van der Waals surface area contributed by atoms with Gasteiger partial charge in [-0.05, 0) is 41.7 Å². The lowest BCUT2D eigenvalue weighted by Crippen LogP contribution is -2.40. The number of nitrogens with two attached hydrogens (primary N) is 1. The number of rotatable bonds is 3. The van der Waals surface area contributed by atoms with Crippen LogP contribution in [0.25, 0.3) is 0 Å². The summed E-state index contributed by atoms with van der Waals surface area (Å²) in [6.07, 6.45) is 3.44. The van der Waals surface area contributed by atoms with E-state index < -0.39 is 0 Å². The molecule has 78 valence electrons. The van der Waals surface area contributed by atoms with Crippen LogP contribution in [0, 0.1) is 5.41 Å². The van der Waals surface area contributed by atoms with Gasteiger partial charge in [-0.3, -0.25) is 0 Å². The van der Waals surface area contributed by atoms with Crippen molar-refractivity contribution in [3.05, 3.63) is 22.4 Å². The highest BCUT2D eigenvalue weighted by Crippen LogP contribution is 2.31. The SMILES string of the molecule is NCC1(Cc2ccsc2)CCCOC1. The molecule has 1 unspecified atom stereocenters. The molecule has 2 rings (SSSR count). The van der Waals surface area contributed by atoms with Crippen LogP contribution in [0.1, 0.15) is 18.4 Å². The molecule has 0 aromatic carbocycles. The Labute approximate surface area is 89.1 Å². The van der Waals surface area contributed by atoms with Gasteiger partial charge in [-0.1, -0.05) is 0 Å². The lowest BCUT2D eigenvalue weighted by Gasteiger charge is -2.35. The molecule has 1 aromatic heterocycles. The van der Waals surface area contributed by atoms with Crippen molar-refractivity contribution < 1.29 is 4.74 Å². The van der Waals surface area contributed by atoms with E-state index >= 15 is 0 Å². The maximum atomic E-state index is 5.88. The zero-order valence-electron chi connectivity index (χ0n) is 8.37. The third-order valence-corrected chi connectivity index (χ3v) is 3.73. The molecule has 3 heteroatoms. The molecule has 0 bridgehead atoms. The monoisotopic (exact) mass is 211 g/mol. The van der Waals surface area contributed by atoms with Crippen molar-refractivity contribution in [2.24, 2.45) is 11.1 Å². The van der Waals surface area contributed by atoms with Crippen LogP contribution in [0.5, 0.6) is 0 Å². The first kappa shape index (κ1) is 10.1. The average molecular weight is 211 g/mol. The molecule has 2 nitrogen and oxygen atoms in total. The summed E-state index contributed by atoms with van der Waals surface area (Å²) in [5.74, 6) is 0. The maximum absolute atomic E-state index is 5.88. The molecule has 0 aliphatic carbocycles. The number of thiophene rings is 1. The smallest absolute Gasteiger partial charge is 0.0537 e. The number of hydrogen-bond acceptors (Lipinski definition) is 3. The summed E-state index contributed by atoms with van der Waals surface area (Å²) in [4.78, 5) is 0.